The molecule has 11 heteroatoms. The van der Waals surface area contributed by atoms with E-state index in [0.29, 0.717) is 17.4 Å². The molecular weight excluding hydrogens is 397 g/mol. The maximum absolute atomic E-state index is 11.5. The molecule has 0 aromatic rings. The number of carbonyl (C=O) groups excluding carboxylic acids is 2. The van der Waals surface area contributed by atoms with Crippen LogP contribution < -0.4 is 5.32 Å². The van der Waals surface area contributed by atoms with E-state index < -0.39 is 16.6 Å². The van der Waals surface area contributed by atoms with Gasteiger partial charge in [0.1, 0.15) is 6.61 Å². The summed E-state index contributed by atoms with van der Waals surface area (Å²) in [6.45, 7) is 1.88. The van der Waals surface area contributed by atoms with Crippen molar-refractivity contribution in [2.75, 3.05) is 19.8 Å². The zero-order chi connectivity index (χ0) is 16.8. The number of rotatable bonds is 6. The van der Waals surface area contributed by atoms with Crippen molar-refractivity contribution in [1.29, 1.82) is 0 Å². The number of hydrogen-bond donors (Lipinski definition) is 1. The minimum Gasteiger partial charge on any atom is -0.479 e. The fourth-order valence-corrected chi connectivity index (χ4v) is 3.08. The largest absolute Gasteiger partial charge is 0.508 e. The molecule has 1 aliphatic heterocycles. The molecule has 1 heterocycles. The van der Waals surface area contributed by atoms with Crippen molar-refractivity contribution in [3.05, 3.63) is 0 Å². The highest BCUT2D eigenvalue weighted by molar-refractivity contribution is 8.23. The molecule has 1 N–H and O–H groups in total. The fraction of sp³-hybridized carbons (Fsp3) is 0.727. The van der Waals surface area contributed by atoms with Crippen molar-refractivity contribution >= 4 is 75.2 Å². The summed E-state index contributed by atoms with van der Waals surface area (Å²) in [5.74, 6) is -0.445. The second-order valence-electron chi connectivity index (χ2n) is 4.13. The van der Waals surface area contributed by atoms with Crippen LogP contribution in [0.2, 0.25) is 0 Å². The Labute approximate surface area is 152 Å². The topological polar surface area (TPSA) is 73.9 Å². The molecule has 2 atom stereocenters. The first-order chi connectivity index (χ1) is 10.2. The number of halogens is 3. The van der Waals surface area contributed by atoms with Crippen LogP contribution in [0.25, 0.3) is 0 Å². The lowest BCUT2D eigenvalue weighted by molar-refractivity contribution is -0.133. The van der Waals surface area contributed by atoms with Gasteiger partial charge in [-0.1, -0.05) is 46.6 Å². The monoisotopic (exact) mass is 409 g/mol. The third kappa shape index (κ3) is 7.41. The average molecular weight is 411 g/mol. The molecule has 0 aromatic heterocycles. The van der Waals surface area contributed by atoms with Crippen LogP contribution in [-0.2, 0) is 19.0 Å². The molecule has 1 rings (SSSR count). The predicted octanol–water partition coefficient (Wildman–Crippen LogP) is 3.03. The molecule has 0 unspecified atom stereocenters. The number of nitrogens with one attached hydrogen (secondary N) is 1. The van der Waals surface area contributed by atoms with Gasteiger partial charge in [0, 0.05) is 0 Å². The lowest BCUT2D eigenvalue weighted by Crippen LogP contribution is -2.57. The smallest absolute Gasteiger partial charge is 0.479 e. The summed E-state index contributed by atoms with van der Waals surface area (Å²) in [6.07, 6.45) is -0.624. The van der Waals surface area contributed by atoms with Gasteiger partial charge in [-0.05, 0) is 25.6 Å². The summed E-state index contributed by atoms with van der Waals surface area (Å²) in [7, 11) is 0. The molecule has 1 amide bonds. The number of ether oxygens (including phenoxy) is 3. The van der Waals surface area contributed by atoms with Crippen molar-refractivity contribution in [1.82, 2.24) is 5.32 Å². The van der Waals surface area contributed by atoms with Gasteiger partial charge < -0.3 is 19.5 Å². The third-order valence-corrected chi connectivity index (χ3v) is 4.22. The predicted molar refractivity (Wildman–Crippen MR) is 89.4 cm³/mol. The van der Waals surface area contributed by atoms with Crippen molar-refractivity contribution in [3.63, 3.8) is 0 Å². The maximum atomic E-state index is 11.5. The lowest BCUT2D eigenvalue weighted by Gasteiger charge is -2.35. The van der Waals surface area contributed by atoms with E-state index in [1.54, 1.807) is 0 Å². The molecule has 6 nitrogen and oxygen atoms in total. The summed E-state index contributed by atoms with van der Waals surface area (Å²) < 4.78 is 13.2. The third-order valence-electron chi connectivity index (χ3n) is 2.47. The van der Waals surface area contributed by atoms with Gasteiger partial charge in [-0.2, -0.15) is 0 Å². The molecule has 0 spiro atoms. The van der Waals surface area contributed by atoms with E-state index >= 15 is 0 Å². The van der Waals surface area contributed by atoms with Crippen LogP contribution in [-0.4, -0.2) is 45.4 Å². The van der Waals surface area contributed by atoms with E-state index in [1.807, 2.05) is 6.92 Å². The van der Waals surface area contributed by atoms with Crippen LogP contribution in [0, 0.1) is 5.92 Å². The Bertz CT molecular complexity index is 432. The van der Waals surface area contributed by atoms with Gasteiger partial charge in [-0.3, -0.25) is 4.79 Å². The molecule has 22 heavy (non-hydrogen) atoms. The van der Waals surface area contributed by atoms with E-state index in [-0.39, 0.29) is 23.8 Å². The van der Waals surface area contributed by atoms with Gasteiger partial charge in [0.2, 0.25) is 14.1 Å². The number of carbonyl (C=O) groups is 2. The highest BCUT2D eigenvalue weighted by Gasteiger charge is 2.40. The molecule has 1 saturated heterocycles. The highest BCUT2D eigenvalue weighted by atomic mass is 35.6. The van der Waals surface area contributed by atoms with E-state index in [9.17, 15) is 9.59 Å². The molecule has 0 saturated carbocycles. The molecule has 1 aliphatic rings. The molecular formula is C11H14Cl3NO5S2. The SMILES string of the molecule is CCOC(=S)S[C@H]1NC(=O)[C@H]1CCOC(=O)OCC(Cl)(Cl)Cl. The van der Waals surface area contributed by atoms with Gasteiger partial charge in [0.05, 0.1) is 24.5 Å². The zero-order valence-electron chi connectivity index (χ0n) is 11.5. The number of thioether (sulfide) groups is 1. The van der Waals surface area contributed by atoms with Crippen molar-refractivity contribution in [2.45, 2.75) is 22.5 Å². The number of amides is 1. The van der Waals surface area contributed by atoms with Crippen molar-refractivity contribution in [2.24, 2.45) is 5.92 Å². The molecule has 1 fully saturated rings. The summed E-state index contributed by atoms with van der Waals surface area (Å²) in [6, 6.07) is 0. The van der Waals surface area contributed by atoms with Gasteiger partial charge in [-0.25, -0.2) is 4.79 Å². The summed E-state index contributed by atoms with van der Waals surface area (Å²) in [5.41, 5.74) is 0. The van der Waals surface area contributed by atoms with E-state index in [2.05, 4.69) is 10.1 Å². The minimum atomic E-state index is -1.69. The Morgan fingerprint density at radius 1 is 1.36 bits per heavy atom. The van der Waals surface area contributed by atoms with Gasteiger partial charge in [0.25, 0.3) is 0 Å². The van der Waals surface area contributed by atoms with Crippen LogP contribution in [0.4, 0.5) is 4.79 Å². The second-order valence-corrected chi connectivity index (χ2v) is 8.39. The first-order valence-corrected chi connectivity index (χ1v) is 8.65. The zero-order valence-corrected chi connectivity index (χ0v) is 15.4. The summed E-state index contributed by atoms with van der Waals surface area (Å²) >= 11 is 22.5. The number of alkyl halides is 3. The van der Waals surface area contributed by atoms with Gasteiger partial charge in [-0.15, -0.1) is 0 Å². The van der Waals surface area contributed by atoms with Crippen molar-refractivity contribution in [3.8, 4) is 0 Å². The quantitative estimate of drug-likeness (QED) is 0.312. The van der Waals surface area contributed by atoms with Crippen LogP contribution in [0.5, 0.6) is 0 Å². The van der Waals surface area contributed by atoms with E-state index in [4.69, 9.17) is 56.5 Å². The standard InChI is InChI=1S/C11H14Cl3NO5S2/c1-2-18-10(21)22-8-6(7(16)15-8)3-4-19-9(17)20-5-11(12,13)14/h6,8H,2-5H2,1H3,(H,15,16)/t6-,8-/m1/s1. The summed E-state index contributed by atoms with van der Waals surface area (Å²) in [4.78, 5) is 22.7. The van der Waals surface area contributed by atoms with Crippen molar-refractivity contribution < 1.29 is 23.8 Å². The minimum absolute atomic E-state index is 0.00916. The summed E-state index contributed by atoms with van der Waals surface area (Å²) in [5, 5.41) is 2.51. The molecule has 126 valence electrons. The second kappa shape index (κ2) is 9.22. The van der Waals surface area contributed by atoms with Crippen LogP contribution in [0.1, 0.15) is 13.3 Å². The Morgan fingerprint density at radius 3 is 2.59 bits per heavy atom. The van der Waals surface area contributed by atoms with Crippen LogP contribution >= 0.6 is 58.8 Å². The number of hydrogen-bond acceptors (Lipinski definition) is 7. The van der Waals surface area contributed by atoms with E-state index in [1.165, 1.54) is 11.8 Å². The normalized spacial score (nSPS) is 20.6. The number of thiocarbonyl (C=S) groups is 1. The Kier molecular flexibility index (Phi) is 8.34. The average Bonchev–Trinajstić information content (AvgIpc) is 2.40. The first kappa shape index (κ1) is 19.9. The maximum Gasteiger partial charge on any atom is 0.508 e. The Hall–Kier alpha value is -0.150. The first-order valence-electron chi connectivity index (χ1n) is 6.23. The van der Waals surface area contributed by atoms with Gasteiger partial charge in [0.15, 0.2) is 0 Å². The highest BCUT2D eigenvalue weighted by Crippen LogP contribution is 2.30. The molecule has 0 aromatic carbocycles. The Balaban J connectivity index is 2.24. The van der Waals surface area contributed by atoms with Gasteiger partial charge >= 0.3 is 6.16 Å². The lowest BCUT2D eigenvalue weighted by atomic mass is 9.98. The molecule has 0 radical (unpaired) electrons. The van der Waals surface area contributed by atoms with Crippen LogP contribution in [0.3, 0.4) is 0 Å². The Morgan fingerprint density at radius 2 is 2.05 bits per heavy atom. The molecule has 0 aliphatic carbocycles. The van der Waals surface area contributed by atoms with E-state index in [0.717, 1.165) is 0 Å². The molecule has 0 bridgehead atoms. The number of β-lactam (4-membered cyclic amide) rings is 1. The van der Waals surface area contributed by atoms with Crippen LogP contribution in [0.15, 0.2) is 0 Å². The fourth-order valence-electron chi connectivity index (χ4n) is 1.49.